The summed E-state index contributed by atoms with van der Waals surface area (Å²) in [7, 11) is 0. The van der Waals surface area contributed by atoms with Crippen LogP contribution in [0.4, 0.5) is 0 Å². The van der Waals surface area contributed by atoms with Crippen LogP contribution in [0.2, 0.25) is 0 Å². The maximum atomic E-state index is 5.25. The number of pyridine rings is 3. The van der Waals surface area contributed by atoms with Gasteiger partial charge in [-0.2, -0.15) is 0 Å². The van der Waals surface area contributed by atoms with Gasteiger partial charge in [-0.3, -0.25) is 4.98 Å². The fourth-order valence-electron chi connectivity index (χ4n) is 7.79. The molecule has 4 heterocycles. The third kappa shape index (κ3) is 6.33. The van der Waals surface area contributed by atoms with Crippen LogP contribution in [0.15, 0.2) is 207 Å². The highest BCUT2D eigenvalue weighted by Crippen LogP contribution is 2.40. The van der Waals surface area contributed by atoms with Crippen molar-refractivity contribution in [1.29, 1.82) is 0 Å². The molecule has 1 atom stereocenters. The average molecular weight is 717 g/mol. The van der Waals surface area contributed by atoms with E-state index in [1.807, 2.05) is 36.7 Å². The molecule has 0 amide bonds. The van der Waals surface area contributed by atoms with Crippen LogP contribution in [0.5, 0.6) is 0 Å². The van der Waals surface area contributed by atoms with E-state index >= 15 is 0 Å². The molecule has 0 bridgehead atoms. The summed E-state index contributed by atoms with van der Waals surface area (Å²) in [6.45, 7) is 0. The summed E-state index contributed by atoms with van der Waals surface area (Å²) >= 11 is 0. The van der Waals surface area contributed by atoms with E-state index in [1.165, 1.54) is 27.6 Å². The van der Waals surface area contributed by atoms with Crippen LogP contribution in [0.25, 0.3) is 88.8 Å². The lowest BCUT2D eigenvalue weighted by atomic mass is 9.91. The van der Waals surface area contributed by atoms with Crippen molar-refractivity contribution in [3.8, 4) is 67.2 Å². The van der Waals surface area contributed by atoms with Crippen LogP contribution >= 0.6 is 0 Å². The first kappa shape index (κ1) is 33.2. The van der Waals surface area contributed by atoms with Crippen molar-refractivity contribution in [1.82, 2.24) is 20.3 Å². The van der Waals surface area contributed by atoms with Crippen molar-refractivity contribution in [2.45, 2.75) is 6.04 Å². The molecular weight excluding hydrogens is 681 g/mol. The average Bonchev–Trinajstić information content (AvgIpc) is 3.29. The normalized spacial score (nSPS) is 13.5. The van der Waals surface area contributed by atoms with E-state index in [9.17, 15) is 0 Å². The molecule has 56 heavy (non-hydrogen) atoms. The SMILES string of the molecule is C1=CNC(c2cc(-c3ccc(-c4cccc(-c5cccc6c(-c7ccc(-c8ccccc8)cc7)nc7ccccc7c56)c4)cc3)cc(-c3ccccn3)n2)C=C1. The Bertz CT molecular complexity index is 2910. The van der Waals surface area contributed by atoms with E-state index < -0.39 is 0 Å². The van der Waals surface area contributed by atoms with Gasteiger partial charge in [-0.1, -0.05) is 152 Å². The lowest BCUT2D eigenvalue weighted by Gasteiger charge is -2.18. The fourth-order valence-corrected chi connectivity index (χ4v) is 7.79. The van der Waals surface area contributed by atoms with Gasteiger partial charge in [0.25, 0.3) is 0 Å². The molecule has 264 valence electrons. The molecule has 0 saturated heterocycles. The number of aromatic nitrogens is 3. The van der Waals surface area contributed by atoms with Gasteiger partial charge in [0.1, 0.15) is 0 Å². The highest BCUT2D eigenvalue weighted by molar-refractivity contribution is 6.17. The molecule has 1 aliphatic heterocycles. The van der Waals surface area contributed by atoms with E-state index in [2.05, 4.69) is 180 Å². The third-order valence-electron chi connectivity index (χ3n) is 10.6. The number of allylic oxidation sites excluding steroid dienone is 2. The van der Waals surface area contributed by atoms with Gasteiger partial charge >= 0.3 is 0 Å². The summed E-state index contributed by atoms with van der Waals surface area (Å²) < 4.78 is 0. The van der Waals surface area contributed by atoms with Crippen molar-refractivity contribution >= 4 is 21.7 Å². The van der Waals surface area contributed by atoms with Crippen molar-refractivity contribution < 1.29 is 0 Å². The molecule has 0 fully saturated rings. The smallest absolute Gasteiger partial charge is 0.0896 e. The van der Waals surface area contributed by atoms with E-state index in [4.69, 9.17) is 9.97 Å². The topological polar surface area (TPSA) is 50.7 Å². The largest absolute Gasteiger partial charge is 0.379 e. The second-order valence-electron chi connectivity index (χ2n) is 14.1. The lowest BCUT2D eigenvalue weighted by molar-refractivity contribution is 0.722. The van der Waals surface area contributed by atoms with Crippen molar-refractivity contribution in [2.24, 2.45) is 0 Å². The van der Waals surface area contributed by atoms with Crippen LogP contribution in [-0.2, 0) is 0 Å². The molecule has 9 aromatic rings. The van der Waals surface area contributed by atoms with Crippen LogP contribution in [0.3, 0.4) is 0 Å². The first-order valence-corrected chi connectivity index (χ1v) is 19.0. The summed E-state index contributed by atoms with van der Waals surface area (Å²) in [5.41, 5.74) is 15.0. The minimum Gasteiger partial charge on any atom is -0.379 e. The molecule has 0 aliphatic carbocycles. The maximum absolute atomic E-state index is 5.25. The fraction of sp³-hybridized carbons (Fsp3) is 0.0192. The number of dihydropyridines is 1. The first-order chi connectivity index (χ1) is 27.7. The van der Waals surface area contributed by atoms with Gasteiger partial charge in [0.2, 0.25) is 0 Å². The molecule has 0 saturated carbocycles. The zero-order valence-corrected chi connectivity index (χ0v) is 30.5. The quantitative estimate of drug-likeness (QED) is 0.167. The van der Waals surface area contributed by atoms with Gasteiger partial charge < -0.3 is 5.32 Å². The molecular formula is C52H36N4. The molecule has 3 aromatic heterocycles. The first-order valence-electron chi connectivity index (χ1n) is 19.0. The number of para-hydroxylation sites is 1. The van der Waals surface area contributed by atoms with Crippen LogP contribution in [-0.4, -0.2) is 15.0 Å². The van der Waals surface area contributed by atoms with Gasteiger partial charge in [0.15, 0.2) is 0 Å². The van der Waals surface area contributed by atoms with Crippen molar-refractivity contribution in [3.05, 3.63) is 212 Å². The minimum absolute atomic E-state index is 0.0114. The third-order valence-corrected chi connectivity index (χ3v) is 10.6. The minimum atomic E-state index is -0.0114. The Hall–Kier alpha value is -7.43. The van der Waals surface area contributed by atoms with E-state index in [1.54, 1.807) is 0 Å². The van der Waals surface area contributed by atoms with Gasteiger partial charge in [0.05, 0.1) is 34.3 Å². The molecule has 0 radical (unpaired) electrons. The molecule has 10 rings (SSSR count). The van der Waals surface area contributed by atoms with Crippen molar-refractivity contribution in [2.75, 3.05) is 0 Å². The maximum Gasteiger partial charge on any atom is 0.0896 e. The Balaban J connectivity index is 1.03. The number of fused-ring (bicyclic) bond motifs is 3. The highest BCUT2D eigenvalue weighted by atomic mass is 14.9. The molecule has 1 unspecified atom stereocenters. The summed E-state index contributed by atoms with van der Waals surface area (Å²) in [6, 6.07) is 62.4. The summed E-state index contributed by atoms with van der Waals surface area (Å²) in [6.07, 6.45) is 9.96. The van der Waals surface area contributed by atoms with Crippen molar-refractivity contribution in [3.63, 3.8) is 0 Å². The van der Waals surface area contributed by atoms with E-state index in [-0.39, 0.29) is 6.04 Å². The lowest BCUT2D eigenvalue weighted by Crippen LogP contribution is -2.16. The Morgan fingerprint density at radius 3 is 1.88 bits per heavy atom. The molecule has 4 heteroatoms. The molecule has 6 aromatic carbocycles. The van der Waals surface area contributed by atoms with Crippen LogP contribution in [0, 0.1) is 0 Å². The number of hydrogen-bond donors (Lipinski definition) is 1. The summed E-state index contributed by atoms with van der Waals surface area (Å²) in [5, 5.41) is 6.93. The van der Waals surface area contributed by atoms with Crippen LogP contribution < -0.4 is 5.32 Å². The van der Waals surface area contributed by atoms with Gasteiger partial charge in [0, 0.05) is 27.9 Å². The number of rotatable bonds is 7. The number of benzene rings is 6. The van der Waals surface area contributed by atoms with E-state index in [0.717, 1.165) is 66.9 Å². The van der Waals surface area contributed by atoms with Gasteiger partial charge in [-0.25, -0.2) is 9.97 Å². The zero-order valence-electron chi connectivity index (χ0n) is 30.5. The second kappa shape index (κ2) is 14.4. The number of nitrogens with zero attached hydrogens (tertiary/aromatic N) is 3. The highest BCUT2D eigenvalue weighted by Gasteiger charge is 2.17. The Labute approximate surface area is 326 Å². The Morgan fingerprint density at radius 2 is 1.09 bits per heavy atom. The second-order valence-corrected chi connectivity index (χ2v) is 14.1. The number of hydrogen-bond acceptors (Lipinski definition) is 4. The number of nitrogens with one attached hydrogen (secondary N) is 1. The molecule has 1 aliphatic rings. The Kier molecular flexibility index (Phi) is 8.54. The Morgan fingerprint density at radius 1 is 0.429 bits per heavy atom. The summed E-state index contributed by atoms with van der Waals surface area (Å²) in [5.74, 6) is 0. The monoisotopic (exact) mass is 716 g/mol. The zero-order chi connectivity index (χ0) is 37.3. The molecule has 0 spiro atoms. The van der Waals surface area contributed by atoms with E-state index in [0.29, 0.717) is 0 Å². The molecule has 1 N–H and O–H groups in total. The molecule has 4 nitrogen and oxygen atoms in total. The predicted molar refractivity (Wildman–Crippen MR) is 232 cm³/mol. The van der Waals surface area contributed by atoms with Crippen LogP contribution in [0.1, 0.15) is 11.7 Å². The predicted octanol–water partition coefficient (Wildman–Crippen LogP) is 12.9. The van der Waals surface area contributed by atoms with Gasteiger partial charge in [-0.15, -0.1) is 0 Å². The standard InChI is InChI=1S/C52H36N4/c1-2-12-35(13-3-1)36-26-28-39(29-27-36)52-45-18-11-17-43(51(45)44-16-4-5-19-46(44)56-52)41-15-10-14-40(32-41)37-22-24-38(25-23-37)42-33-49(47-20-6-8-30-53-47)55-50(34-42)48-21-7-9-31-54-48/h1-34,47,53H. The van der Waals surface area contributed by atoms with Gasteiger partial charge in [-0.05, 0) is 93.2 Å². The summed E-state index contributed by atoms with van der Waals surface area (Å²) in [4.78, 5) is 14.9.